The van der Waals surface area contributed by atoms with E-state index in [-0.39, 0.29) is 5.91 Å². The number of hydrogen-bond acceptors (Lipinski definition) is 3. The van der Waals surface area contributed by atoms with Gasteiger partial charge < -0.3 is 16.0 Å². The first-order chi connectivity index (χ1) is 11.6. The minimum Gasteiger partial charge on any atom is -0.354 e. The minimum absolute atomic E-state index is 0.244. The van der Waals surface area contributed by atoms with Gasteiger partial charge in [0.1, 0.15) is 11.7 Å². The number of hydrogen-bond donors (Lipinski definition) is 3. The molecule has 0 radical (unpaired) electrons. The van der Waals surface area contributed by atoms with Crippen LogP contribution in [0.15, 0.2) is 60.9 Å². The van der Waals surface area contributed by atoms with E-state index < -0.39 is 12.0 Å². The van der Waals surface area contributed by atoms with E-state index in [4.69, 9.17) is 23.8 Å². The van der Waals surface area contributed by atoms with Gasteiger partial charge in [0, 0.05) is 16.9 Å². The number of nitrogens with zero attached hydrogens (tertiary/aromatic N) is 1. The molecular formula is C17H15ClN4OS. The molecule has 2 atom stereocenters. The van der Waals surface area contributed by atoms with Gasteiger partial charge in [0.15, 0.2) is 5.11 Å². The van der Waals surface area contributed by atoms with Crippen LogP contribution in [-0.4, -0.2) is 16.0 Å². The Kier molecular flexibility index (Phi) is 4.78. The minimum atomic E-state index is -0.599. The van der Waals surface area contributed by atoms with Crippen molar-refractivity contribution in [3.63, 3.8) is 0 Å². The Morgan fingerprint density at radius 2 is 2.00 bits per heavy atom. The summed E-state index contributed by atoms with van der Waals surface area (Å²) in [6.07, 6.45) is 1.61. The van der Waals surface area contributed by atoms with Crippen molar-refractivity contribution in [3.8, 4) is 0 Å². The summed E-state index contributed by atoms with van der Waals surface area (Å²) in [5.41, 5.74) is 1.29. The molecular weight excluding hydrogens is 344 g/mol. The van der Waals surface area contributed by atoms with Crippen molar-refractivity contribution < 1.29 is 4.79 Å². The lowest BCUT2D eigenvalue weighted by Gasteiger charge is -2.35. The number of pyridine rings is 1. The SMILES string of the molecule is C=C1NC(=S)NC(c2ccccc2Cl)C1C(=O)Nc1ccccn1. The third kappa shape index (κ3) is 3.39. The normalized spacial score (nSPS) is 20.0. The molecule has 1 saturated heterocycles. The van der Waals surface area contributed by atoms with Crippen molar-refractivity contribution >= 4 is 40.7 Å². The van der Waals surface area contributed by atoms with Gasteiger partial charge in [-0.2, -0.15) is 0 Å². The number of anilines is 1. The number of halogens is 1. The molecule has 2 aromatic rings. The molecule has 1 aromatic carbocycles. The van der Waals surface area contributed by atoms with Crippen LogP contribution >= 0.6 is 23.8 Å². The van der Waals surface area contributed by atoms with E-state index in [9.17, 15) is 4.79 Å². The van der Waals surface area contributed by atoms with Crippen LogP contribution < -0.4 is 16.0 Å². The fraction of sp³-hybridized carbons (Fsp3) is 0.118. The molecule has 1 aliphatic heterocycles. The van der Waals surface area contributed by atoms with Gasteiger partial charge in [-0.1, -0.05) is 42.4 Å². The Hall–Kier alpha value is -2.44. The summed E-state index contributed by atoms with van der Waals surface area (Å²) < 4.78 is 0. The summed E-state index contributed by atoms with van der Waals surface area (Å²) >= 11 is 11.5. The van der Waals surface area contributed by atoms with E-state index in [1.807, 2.05) is 18.2 Å². The quantitative estimate of drug-likeness (QED) is 0.736. The fourth-order valence-electron chi connectivity index (χ4n) is 2.62. The number of benzene rings is 1. The number of nitrogens with one attached hydrogen (secondary N) is 3. The van der Waals surface area contributed by atoms with Crippen LogP contribution in [0, 0.1) is 5.92 Å². The van der Waals surface area contributed by atoms with Crippen LogP contribution in [-0.2, 0) is 4.79 Å². The molecule has 0 bridgehead atoms. The number of aromatic nitrogens is 1. The molecule has 122 valence electrons. The number of thiocarbonyl (C=S) groups is 1. The van der Waals surface area contributed by atoms with Gasteiger partial charge in [-0.15, -0.1) is 0 Å². The lowest BCUT2D eigenvalue weighted by molar-refractivity contribution is -0.119. The molecule has 3 rings (SSSR count). The zero-order valence-electron chi connectivity index (χ0n) is 12.6. The molecule has 0 aliphatic carbocycles. The lowest BCUT2D eigenvalue weighted by atomic mass is 9.88. The monoisotopic (exact) mass is 358 g/mol. The van der Waals surface area contributed by atoms with Crippen molar-refractivity contribution in [2.24, 2.45) is 5.92 Å². The average Bonchev–Trinajstić information content (AvgIpc) is 2.55. The van der Waals surface area contributed by atoms with Crippen molar-refractivity contribution in [2.75, 3.05) is 5.32 Å². The van der Waals surface area contributed by atoms with Gasteiger partial charge in [-0.25, -0.2) is 4.98 Å². The molecule has 24 heavy (non-hydrogen) atoms. The molecule has 1 amide bonds. The summed E-state index contributed by atoms with van der Waals surface area (Å²) in [4.78, 5) is 16.9. The van der Waals surface area contributed by atoms with Crippen molar-refractivity contribution in [2.45, 2.75) is 6.04 Å². The third-order valence-corrected chi connectivity index (χ3v) is 4.27. The topological polar surface area (TPSA) is 66.0 Å². The van der Waals surface area contributed by atoms with E-state index in [1.165, 1.54) is 0 Å². The second kappa shape index (κ2) is 6.98. The highest BCUT2D eigenvalue weighted by Crippen LogP contribution is 2.34. The zero-order chi connectivity index (χ0) is 17.1. The van der Waals surface area contributed by atoms with Crippen LogP contribution in [0.4, 0.5) is 5.82 Å². The summed E-state index contributed by atoms with van der Waals surface area (Å²) in [5.74, 6) is -0.369. The number of rotatable bonds is 3. The Morgan fingerprint density at radius 1 is 1.25 bits per heavy atom. The Morgan fingerprint density at radius 3 is 2.71 bits per heavy atom. The van der Waals surface area contributed by atoms with Gasteiger partial charge in [-0.05, 0) is 36.0 Å². The van der Waals surface area contributed by atoms with Crippen molar-refractivity contribution in [3.05, 3.63) is 71.5 Å². The standard InChI is InChI=1S/C17H15ClN4OS/c1-10-14(16(23)21-13-8-4-5-9-19-13)15(22-17(24)20-10)11-6-2-3-7-12(11)18/h2-9,14-15H,1H2,(H,19,21,23)(H2,20,22,24). The van der Waals surface area contributed by atoms with Crippen LogP contribution in [0.25, 0.3) is 0 Å². The van der Waals surface area contributed by atoms with Gasteiger partial charge in [-0.3, -0.25) is 4.79 Å². The third-order valence-electron chi connectivity index (χ3n) is 3.71. The van der Waals surface area contributed by atoms with Crippen LogP contribution in [0.5, 0.6) is 0 Å². The number of carbonyl (C=O) groups excluding carboxylic acids is 1. The van der Waals surface area contributed by atoms with Crippen LogP contribution in [0.2, 0.25) is 5.02 Å². The molecule has 0 spiro atoms. The molecule has 1 aromatic heterocycles. The Bertz CT molecular complexity index is 796. The van der Waals surface area contributed by atoms with E-state index in [1.54, 1.807) is 30.5 Å². The summed E-state index contributed by atoms with van der Waals surface area (Å²) in [7, 11) is 0. The van der Waals surface area contributed by atoms with E-state index >= 15 is 0 Å². The second-order valence-electron chi connectivity index (χ2n) is 5.30. The van der Waals surface area contributed by atoms with Gasteiger partial charge in [0.05, 0.1) is 6.04 Å². The molecule has 3 N–H and O–H groups in total. The zero-order valence-corrected chi connectivity index (χ0v) is 14.2. The highest BCUT2D eigenvalue weighted by atomic mass is 35.5. The number of carbonyl (C=O) groups is 1. The summed E-state index contributed by atoms with van der Waals surface area (Å²) in [6.45, 7) is 3.95. The molecule has 5 nitrogen and oxygen atoms in total. The molecule has 1 fully saturated rings. The first kappa shape index (κ1) is 16.4. The van der Waals surface area contributed by atoms with Crippen LogP contribution in [0.1, 0.15) is 11.6 Å². The van der Waals surface area contributed by atoms with Gasteiger partial charge >= 0.3 is 0 Å². The Labute approximate surface area is 150 Å². The molecule has 2 heterocycles. The van der Waals surface area contributed by atoms with E-state index in [0.29, 0.717) is 21.6 Å². The first-order valence-electron chi connectivity index (χ1n) is 7.29. The molecule has 0 saturated carbocycles. The molecule has 7 heteroatoms. The Balaban J connectivity index is 1.92. The number of amides is 1. The average molecular weight is 359 g/mol. The van der Waals surface area contributed by atoms with Crippen molar-refractivity contribution in [1.82, 2.24) is 15.6 Å². The maximum Gasteiger partial charge on any atom is 0.237 e. The molecule has 1 aliphatic rings. The molecule has 2 unspecified atom stereocenters. The highest BCUT2D eigenvalue weighted by molar-refractivity contribution is 7.80. The lowest BCUT2D eigenvalue weighted by Crippen LogP contribution is -2.51. The van der Waals surface area contributed by atoms with E-state index in [2.05, 4.69) is 27.5 Å². The van der Waals surface area contributed by atoms with Gasteiger partial charge in [0.2, 0.25) is 5.91 Å². The van der Waals surface area contributed by atoms with Crippen molar-refractivity contribution in [1.29, 1.82) is 0 Å². The first-order valence-corrected chi connectivity index (χ1v) is 8.07. The predicted molar refractivity (Wildman–Crippen MR) is 98.6 cm³/mol. The maximum absolute atomic E-state index is 12.8. The highest BCUT2D eigenvalue weighted by Gasteiger charge is 2.37. The largest absolute Gasteiger partial charge is 0.354 e. The maximum atomic E-state index is 12.8. The summed E-state index contributed by atoms with van der Waals surface area (Å²) in [6, 6.07) is 12.2. The fourth-order valence-corrected chi connectivity index (χ4v) is 3.13. The van der Waals surface area contributed by atoms with E-state index in [0.717, 1.165) is 5.56 Å². The second-order valence-corrected chi connectivity index (χ2v) is 6.12. The smallest absolute Gasteiger partial charge is 0.237 e. The predicted octanol–water partition coefficient (Wildman–Crippen LogP) is 3.02. The van der Waals surface area contributed by atoms with Gasteiger partial charge in [0.25, 0.3) is 0 Å². The van der Waals surface area contributed by atoms with Crippen LogP contribution in [0.3, 0.4) is 0 Å². The summed E-state index contributed by atoms with van der Waals surface area (Å²) in [5, 5.41) is 9.80.